The van der Waals surface area contributed by atoms with E-state index in [2.05, 4.69) is 41.2 Å². The van der Waals surface area contributed by atoms with Crippen molar-refractivity contribution in [3.63, 3.8) is 0 Å². The van der Waals surface area contributed by atoms with E-state index < -0.39 is 0 Å². The van der Waals surface area contributed by atoms with Gasteiger partial charge in [-0.3, -0.25) is 9.69 Å². The van der Waals surface area contributed by atoms with Gasteiger partial charge in [-0.15, -0.1) is 11.8 Å². The molecule has 122 valence electrons. The van der Waals surface area contributed by atoms with Gasteiger partial charge in [0.15, 0.2) is 0 Å². The minimum atomic E-state index is -0.00473. The normalized spacial score (nSPS) is 18.1. The average Bonchev–Trinajstić information content (AvgIpc) is 2.55. The van der Waals surface area contributed by atoms with Gasteiger partial charge in [0.2, 0.25) is 5.91 Å². The summed E-state index contributed by atoms with van der Waals surface area (Å²) in [5, 5.41) is 3.09. The van der Waals surface area contributed by atoms with E-state index in [-0.39, 0.29) is 11.2 Å². The molecule has 0 bridgehead atoms. The minimum absolute atomic E-state index is 0.00473. The number of likely N-dealkylation sites (N-methyl/N-ethyl adjacent to an activating group) is 1. The van der Waals surface area contributed by atoms with E-state index in [0.29, 0.717) is 0 Å². The number of hydrogen-bond donors (Lipinski definition) is 1. The molecular formula is C17H27N3OS. The fourth-order valence-corrected chi connectivity index (χ4v) is 3.51. The summed E-state index contributed by atoms with van der Waals surface area (Å²) in [7, 11) is 2.16. The second-order valence-electron chi connectivity index (χ2n) is 5.76. The van der Waals surface area contributed by atoms with Crippen molar-refractivity contribution in [1.82, 2.24) is 15.1 Å². The number of amides is 1. The lowest BCUT2D eigenvalue weighted by Gasteiger charge is -2.32. The molecule has 5 heteroatoms. The third-order valence-corrected chi connectivity index (χ3v) is 5.38. The Kier molecular flexibility index (Phi) is 7.22. The molecule has 1 aliphatic rings. The highest BCUT2D eigenvalue weighted by atomic mass is 32.2. The summed E-state index contributed by atoms with van der Waals surface area (Å²) in [6.45, 7) is 8.20. The van der Waals surface area contributed by atoms with Gasteiger partial charge in [0, 0.05) is 44.2 Å². The molecule has 1 saturated heterocycles. The summed E-state index contributed by atoms with van der Waals surface area (Å²) < 4.78 is 0. The maximum absolute atomic E-state index is 12.3. The first-order valence-electron chi connectivity index (χ1n) is 8.09. The van der Waals surface area contributed by atoms with Crippen LogP contribution in [0.5, 0.6) is 0 Å². The average molecular weight is 321 g/mol. The first kappa shape index (κ1) is 17.3. The van der Waals surface area contributed by atoms with Crippen LogP contribution in [0.1, 0.15) is 13.3 Å². The Hall–Kier alpha value is -1.04. The predicted molar refractivity (Wildman–Crippen MR) is 93.3 cm³/mol. The molecule has 0 aromatic heterocycles. The van der Waals surface area contributed by atoms with Gasteiger partial charge in [0.25, 0.3) is 0 Å². The van der Waals surface area contributed by atoms with Crippen molar-refractivity contribution in [3.8, 4) is 0 Å². The van der Waals surface area contributed by atoms with E-state index in [1.165, 1.54) is 0 Å². The molecule has 1 aromatic carbocycles. The van der Waals surface area contributed by atoms with Crippen molar-refractivity contribution in [2.45, 2.75) is 23.5 Å². The zero-order chi connectivity index (χ0) is 15.8. The molecule has 0 unspecified atom stereocenters. The van der Waals surface area contributed by atoms with Gasteiger partial charge in [0.05, 0.1) is 5.25 Å². The first-order valence-corrected chi connectivity index (χ1v) is 8.97. The smallest absolute Gasteiger partial charge is 0.233 e. The number of carbonyl (C=O) groups is 1. The Balaban J connectivity index is 1.70. The van der Waals surface area contributed by atoms with Crippen molar-refractivity contribution in [1.29, 1.82) is 0 Å². The molecule has 1 N–H and O–H groups in total. The highest BCUT2D eigenvalue weighted by molar-refractivity contribution is 8.00. The van der Waals surface area contributed by atoms with Gasteiger partial charge >= 0.3 is 0 Å². The van der Waals surface area contributed by atoms with Crippen LogP contribution in [0.2, 0.25) is 0 Å². The molecule has 0 saturated carbocycles. The van der Waals surface area contributed by atoms with Crippen LogP contribution >= 0.6 is 11.8 Å². The zero-order valence-electron chi connectivity index (χ0n) is 13.6. The number of hydrogen-bond acceptors (Lipinski definition) is 4. The Bertz CT molecular complexity index is 446. The molecule has 1 aromatic rings. The highest BCUT2D eigenvalue weighted by Crippen LogP contribution is 2.24. The lowest BCUT2D eigenvalue weighted by Crippen LogP contribution is -2.47. The van der Waals surface area contributed by atoms with Crippen LogP contribution in [0.4, 0.5) is 0 Å². The molecule has 1 aliphatic heterocycles. The maximum Gasteiger partial charge on any atom is 0.233 e. The molecule has 22 heavy (non-hydrogen) atoms. The van der Waals surface area contributed by atoms with Crippen molar-refractivity contribution in [2.75, 3.05) is 46.3 Å². The SMILES string of the molecule is CC[C@@H](Sc1ccccc1)C(=O)NCCN1CCN(C)CC1. The molecule has 1 heterocycles. The van der Waals surface area contributed by atoms with Crippen LogP contribution < -0.4 is 5.32 Å². The fourth-order valence-electron chi connectivity index (χ4n) is 2.51. The lowest BCUT2D eigenvalue weighted by molar-refractivity contribution is -0.120. The van der Waals surface area contributed by atoms with E-state index in [4.69, 9.17) is 0 Å². The molecule has 1 amide bonds. The van der Waals surface area contributed by atoms with Crippen LogP contribution in [0.25, 0.3) is 0 Å². The lowest BCUT2D eigenvalue weighted by atomic mass is 10.3. The monoisotopic (exact) mass is 321 g/mol. The molecule has 1 fully saturated rings. The Morgan fingerprint density at radius 1 is 1.23 bits per heavy atom. The van der Waals surface area contributed by atoms with Gasteiger partial charge in [-0.2, -0.15) is 0 Å². The van der Waals surface area contributed by atoms with Gasteiger partial charge in [-0.05, 0) is 25.6 Å². The summed E-state index contributed by atoms with van der Waals surface area (Å²) in [5.41, 5.74) is 0. The van der Waals surface area contributed by atoms with Crippen molar-refractivity contribution in [2.24, 2.45) is 0 Å². The molecule has 0 radical (unpaired) electrons. The zero-order valence-corrected chi connectivity index (χ0v) is 14.4. The third kappa shape index (κ3) is 5.63. The van der Waals surface area contributed by atoms with Crippen LogP contribution in [-0.2, 0) is 4.79 Å². The minimum Gasteiger partial charge on any atom is -0.354 e. The number of nitrogens with zero attached hydrogens (tertiary/aromatic N) is 2. The molecule has 0 aliphatic carbocycles. The summed E-state index contributed by atoms with van der Waals surface area (Å²) in [6, 6.07) is 10.2. The van der Waals surface area contributed by atoms with Crippen molar-refractivity contribution in [3.05, 3.63) is 30.3 Å². The predicted octanol–water partition coefficient (Wildman–Crippen LogP) is 1.92. The van der Waals surface area contributed by atoms with Crippen LogP contribution in [0.15, 0.2) is 35.2 Å². The third-order valence-electron chi connectivity index (χ3n) is 4.01. The second kappa shape index (κ2) is 9.18. The van der Waals surface area contributed by atoms with Crippen LogP contribution in [0, 0.1) is 0 Å². The number of thioether (sulfide) groups is 1. The second-order valence-corrected chi connectivity index (χ2v) is 7.04. The fraction of sp³-hybridized carbons (Fsp3) is 0.588. The molecule has 2 rings (SSSR count). The van der Waals surface area contributed by atoms with Gasteiger partial charge in [-0.1, -0.05) is 25.1 Å². The van der Waals surface area contributed by atoms with E-state index in [9.17, 15) is 4.79 Å². The molecule has 1 atom stereocenters. The summed E-state index contributed by atoms with van der Waals surface area (Å²) in [4.78, 5) is 18.2. The summed E-state index contributed by atoms with van der Waals surface area (Å²) in [5.74, 6) is 0.158. The van der Waals surface area contributed by atoms with Crippen molar-refractivity contribution < 1.29 is 4.79 Å². The maximum atomic E-state index is 12.3. The quantitative estimate of drug-likeness (QED) is 0.778. The van der Waals surface area contributed by atoms with E-state index >= 15 is 0 Å². The van der Waals surface area contributed by atoms with Gasteiger partial charge in [0.1, 0.15) is 0 Å². The van der Waals surface area contributed by atoms with E-state index in [1.54, 1.807) is 11.8 Å². The number of rotatable bonds is 7. The molecule has 0 spiro atoms. The van der Waals surface area contributed by atoms with E-state index in [0.717, 1.165) is 50.6 Å². The Labute approximate surface area is 138 Å². The highest BCUT2D eigenvalue weighted by Gasteiger charge is 2.18. The summed E-state index contributed by atoms with van der Waals surface area (Å²) in [6.07, 6.45) is 0.847. The largest absolute Gasteiger partial charge is 0.354 e. The number of benzene rings is 1. The van der Waals surface area contributed by atoms with E-state index in [1.807, 2.05) is 18.2 Å². The topological polar surface area (TPSA) is 35.6 Å². The van der Waals surface area contributed by atoms with Gasteiger partial charge in [-0.25, -0.2) is 0 Å². The molecule has 4 nitrogen and oxygen atoms in total. The number of piperazine rings is 1. The summed E-state index contributed by atoms with van der Waals surface area (Å²) >= 11 is 1.65. The number of carbonyl (C=O) groups excluding carboxylic acids is 1. The Morgan fingerprint density at radius 3 is 2.55 bits per heavy atom. The van der Waals surface area contributed by atoms with Crippen LogP contribution in [-0.4, -0.2) is 67.3 Å². The number of nitrogens with one attached hydrogen (secondary N) is 1. The van der Waals surface area contributed by atoms with Crippen molar-refractivity contribution >= 4 is 17.7 Å². The molecular weight excluding hydrogens is 294 g/mol. The Morgan fingerprint density at radius 2 is 1.91 bits per heavy atom. The van der Waals surface area contributed by atoms with Crippen LogP contribution in [0.3, 0.4) is 0 Å². The van der Waals surface area contributed by atoms with Gasteiger partial charge < -0.3 is 10.2 Å². The first-order chi connectivity index (χ1) is 10.7. The standard InChI is InChI=1S/C17H27N3OS/c1-3-16(22-15-7-5-4-6-8-15)17(21)18-9-10-20-13-11-19(2)12-14-20/h4-8,16H,3,9-14H2,1-2H3,(H,18,21)/t16-/m1/s1.